The van der Waals surface area contributed by atoms with Gasteiger partial charge in [0.15, 0.2) is 6.17 Å². The van der Waals surface area contributed by atoms with Crippen LogP contribution in [0.1, 0.15) is 0 Å². The summed E-state index contributed by atoms with van der Waals surface area (Å²) in [5.74, 6) is -1.22. The number of hydrogen-bond donors (Lipinski definition) is 1. The van der Waals surface area contributed by atoms with Crippen LogP contribution < -0.4 is 0 Å². The smallest absolute Gasteiger partial charge is 0.334 e. The van der Waals surface area contributed by atoms with Crippen LogP contribution in [-0.2, 0) is 4.79 Å². The zero-order valence-electron chi connectivity index (χ0n) is 5.04. The highest BCUT2D eigenvalue weighted by atomic mass is 19.1. The molecule has 0 aromatic heterocycles. The predicted molar refractivity (Wildman–Crippen MR) is 33.3 cm³/mol. The molecule has 1 atom stereocenters. The third kappa shape index (κ3) is 1.14. The molecule has 2 nitrogen and oxygen atoms in total. The summed E-state index contributed by atoms with van der Waals surface area (Å²) in [6, 6.07) is 0. The second-order valence-electron chi connectivity index (χ2n) is 1.83. The van der Waals surface area contributed by atoms with E-state index in [1.54, 1.807) is 0 Å². The SMILES string of the molecule is O=C(O)C1=CC=C=CC1F. The van der Waals surface area contributed by atoms with Gasteiger partial charge in [0.05, 0.1) is 5.57 Å². The minimum Gasteiger partial charge on any atom is -0.478 e. The quantitative estimate of drug-likeness (QED) is 0.553. The average molecular weight is 140 g/mol. The number of aliphatic carboxylic acids is 1. The lowest BCUT2D eigenvalue weighted by molar-refractivity contribution is -0.133. The molecule has 1 rings (SSSR count). The van der Waals surface area contributed by atoms with Gasteiger partial charge in [-0.15, -0.1) is 5.73 Å². The van der Waals surface area contributed by atoms with Gasteiger partial charge in [-0.25, -0.2) is 9.18 Å². The number of carbonyl (C=O) groups is 1. The topological polar surface area (TPSA) is 37.3 Å². The molecule has 1 unspecified atom stereocenters. The van der Waals surface area contributed by atoms with Crippen molar-refractivity contribution < 1.29 is 14.3 Å². The maximum Gasteiger partial charge on any atom is 0.334 e. The van der Waals surface area contributed by atoms with Gasteiger partial charge in [0.1, 0.15) is 0 Å². The van der Waals surface area contributed by atoms with E-state index in [0.717, 1.165) is 6.08 Å². The molecule has 0 saturated carbocycles. The number of carboxylic acid groups (broad SMARTS) is 1. The van der Waals surface area contributed by atoms with Crippen LogP contribution in [0.4, 0.5) is 4.39 Å². The monoisotopic (exact) mass is 140 g/mol. The highest BCUT2D eigenvalue weighted by Gasteiger charge is 2.17. The number of halogens is 1. The Hall–Kier alpha value is -1.34. The molecule has 0 bridgehead atoms. The van der Waals surface area contributed by atoms with Gasteiger partial charge in [-0.1, -0.05) is 0 Å². The van der Waals surface area contributed by atoms with E-state index in [1.807, 2.05) is 0 Å². The van der Waals surface area contributed by atoms with E-state index in [1.165, 1.54) is 12.2 Å². The Kier molecular flexibility index (Phi) is 1.69. The number of hydrogen-bond acceptors (Lipinski definition) is 1. The summed E-state index contributed by atoms with van der Waals surface area (Å²) >= 11 is 0. The minimum atomic E-state index is -1.51. The van der Waals surface area contributed by atoms with Crippen molar-refractivity contribution in [3.05, 3.63) is 29.5 Å². The average Bonchev–Trinajstić information content (AvgIpc) is 1.88. The summed E-state index contributed by atoms with van der Waals surface area (Å²) in [7, 11) is 0. The number of allylic oxidation sites excluding steroid dienone is 2. The largest absolute Gasteiger partial charge is 0.478 e. The summed E-state index contributed by atoms with van der Waals surface area (Å²) in [4.78, 5) is 10.2. The van der Waals surface area contributed by atoms with Crippen molar-refractivity contribution in [2.24, 2.45) is 0 Å². The van der Waals surface area contributed by atoms with Crippen LogP contribution >= 0.6 is 0 Å². The van der Waals surface area contributed by atoms with Crippen molar-refractivity contribution in [3.63, 3.8) is 0 Å². The molecule has 0 amide bonds. The summed E-state index contributed by atoms with van der Waals surface area (Å²) in [6.07, 6.45) is 2.14. The van der Waals surface area contributed by atoms with Gasteiger partial charge in [-0.3, -0.25) is 0 Å². The van der Waals surface area contributed by atoms with E-state index in [2.05, 4.69) is 5.73 Å². The Morgan fingerprint density at radius 2 is 2.50 bits per heavy atom. The summed E-state index contributed by atoms with van der Waals surface area (Å²) < 4.78 is 12.5. The lowest BCUT2D eigenvalue weighted by atomic mass is 10.1. The molecule has 0 aliphatic heterocycles. The molecule has 1 aliphatic rings. The van der Waals surface area contributed by atoms with Crippen molar-refractivity contribution in [2.75, 3.05) is 0 Å². The van der Waals surface area contributed by atoms with Crippen molar-refractivity contribution in [1.82, 2.24) is 0 Å². The number of carboxylic acids is 1. The molecule has 3 heteroatoms. The maximum atomic E-state index is 12.5. The number of alkyl halides is 1. The van der Waals surface area contributed by atoms with Gasteiger partial charge in [0.2, 0.25) is 0 Å². The van der Waals surface area contributed by atoms with Crippen LogP contribution in [0, 0.1) is 0 Å². The Balaban J connectivity index is 2.91. The van der Waals surface area contributed by atoms with Crippen molar-refractivity contribution in [2.45, 2.75) is 6.17 Å². The highest BCUT2D eigenvalue weighted by Crippen LogP contribution is 2.11. The zero-order valence-corrected chi connectivity index (χ0v) is 5.04. The Morgan fingerprint density at radius 1 is 1.80 bits per heavy atom. The molecule has 1 N–H and O–H groups in total. The lowest BCUT2D eigenvalue weighted by Crippen LogP contribution is -2.11. The van der Waals surface area contributed by atoms with Gasteiger partial charge in [-0.05, 0) is 18.2 Å². The molecule has 1 aliphatic carbocycles. The summed E-state index contributed by atoms with van der Waals surface area (Å²) in [5.41, 5.74) is 2.22. The Labute approximate surface area is 57.0 Å². The number of rotatable bonds is 1. The molecule has 0 heterocycles. The van der Waals surface area contributed by atoms with Crippen LogP contribution in [0.5, 0.6) is 0 Å². The maximum absolute atomic E-state index is 12.5. The third-order valence-corrected chi connectivity index (χ3v) is 1.15. The molecular weight excluding hydrogens is 135 g/mol. The van der Waals surface area contributed by atoms with Crippen LogP contribution in [0.25, 0.3) is 0 Å². The van der Waals surface area contributed by atoms with E-state index in [4.69, 9.17) is 5.11 Å². The second kappa shape index (κ2) is 2.50. The van der Waals surface area contributed by atoms with Crippen LogP contribution in [0.3, 0.4) is 0 Å². The zero-order chi connectivity index (χ0) is 7.56. The fraction of sp³-hybridized carbons (Fsp3) is 0.143. The molecule has 0 aromatic rings. The third-order valence-electron chi connectivity index (χ3n) is 1.15. The second-order valence-corrected chi connectivity index (χ2v) is 1.83. The van der Waals surface area contributed by atoms with E-state index in [9.17, 15) is 9.18 Å². The van der Waals surface area contributed by atoms with Gasteiger partial charge in [-0.2, -0.15) is 0 Å². The van der Waals surface area contributed by atoms with Crippen LogP contribution in [0.2, 0.25) is 0 Å². The normalized spacial score (nSPS) is 22.5. The fourth-order valence-corrected chi connectivity index (χ4v) is 0.649. The molecule has 0 fully saturated rings. The first-order valence-corrected chi connectivity index (χ1v) is 2.72. The van der Waals surface area contributed by atoms with Gasteiger partial charge >= 0.3 is 5.97 Å². The first-order chi connectivity index (χ1) is 4.72. The van der Waals surface area contributed by atoms with E-state index in [0.29, 0.717) is 0 Å². The predicted octanol–water partition coefficient (Wildman–Crippen LogP) is 1.06. The fourth-order valence-electron chi connectivity index (χ4n) is 0.649. The Bertz CT molecular complexity index is 246. The molecule has 0 aromatic carbocycles. The van der Waals surface area contributed by atoms with Crippen molar-refractivity contribution >= 4 is 5.97 Å². The van der Waals surface area contributed by atoms with Crippen LogP contribution in [0.15, 0.2) is 29.5 Å². The first kappa shape index (κ1) is 6.78. The van der Waals surface area contributed by atoms with Crippen LogP contribution in [-0.4, -0.2) is 17.2 Å². The summed E-state index contributed by atoms with van der Waals surface area (Å²) in [6.45, 7) is 0. The van der Waals surface area contributed by atoms with E-state index < -0.39 is 12.1 Å². The first-order valence-electron chi connectivity index (χ1n) is 2.72. The van der Waals surface area contributed by atoms with E-state index in [-0.39, 0.29) is 5.57 Å². The van der Waals surface area contributed by atoms with Gasteiger partial charge in [0.25, 0.3) is 0 Å². The summed E-state index contributed by atoms with van der Waals surface area (Å²) in [5, 5.41) is 8.33. The molecule has 10 heavy (non-hydrogen) atoms. The molecule has 0 radical (unpaired) electrons. The molecular formula is C7H5FO2. The highest BCUT2D eigenvalue weighted by molar-refractivity contribution is 5.88. The van der Waals surface area contributed by atoms with Crippen molar-refractivity contribution in [1.29, 1.82) is 0 Å². The lowest BCUT2D eigenvalue weighted by Gasteiger charge is -2.03. The Morgan fingerprint density at radius 3 is 2.90 bits per heavy atom. The standard InChI is InChI=1S/C7H5FO2/c8-6-4-2-1-3-5(6)7(9)10/h1,3-4,6H,(H,9,10). The van der Waals surface area contributed by atoms with Gasteiger partial charge < -0.3 is 5.11 Å². The van der Waals surface area contributed by atoms with E-state index >= 15 is 0 Å². The van der Waals surface area contributed by atoms with Gasteiger partial charge in [0, 0.05) is 0 Å². The molecule has 52 valence electrons. The molecule has 0 saturated heterocycles. The molecule has 0 spiro atoms. The van der Waals surface area contributed by atoms with Crippen molar-refractivity contribution in [3.8, 4) is 0 Å². The minimum absolute atomic E-state index is 0.237.